The van der Waals surface area contributed by atoms with Gasteiger partial charge in [-0.25, -0.2) is 0 Å². The fourth-order valence-electron chi connectivity index (χ4n) is 2.92. The Balaban J connectivity index is 2.05. The summed E-state index contributed by atoms with van der Waals surface area (Å²) in [4.78, 5) is 17.3. The molecule has 0 N–H and O–H groups in total. The van der Waals surface area contributed by atoms with Gasteiger partial charge in [-0.3, -0.25) is 15.1 Å². The first-order valence-corrected chi connectivity index (χ1v) is 6.84. The van der Waals surface area contributed by atoms with Crippen LogP contribution in [0.5, 0.6) is 0 Å². The van der Waals surface area contributed by atoms with Gasteiger partial charge in [0.05, 0.1) is 21.9 Å². The average Bonchev–Trinajstić information content (AvgIpc) is 2.94. The van der Waals surface area contributed by atoms with Crippen molar-refractivity contribution in [2.75, 3.05) is 18.0 Å². The van der Waals surface area contributed by atoms with E-state index < -0.39 is 0 Å². The van der Waals surface area contributed by atoms with E-state index >= 15 is 0 Å². The van der Waals surface area contributed by atoms with Crippen molar-refractivity contribution in [2.45, 2.75) is 12.8 Å². The first kappa shape index (κ1) is 13.3. The van der Waals surface area contributed by atoms with Crippen LogP contribution in [0.4, 0.5) is 11.4 Å². The number of fused-ring (bicyclic) bond motifs is 1. The Labute approximate surface area is 121 Å². The summed E-state index contributed by atoms with van der Waals surface area (Å²) >= 11 is 0. The predicted octanol–water partition coefficient (Wildman–Crippen LogP) is 2.88. The number of hydrogen-bond donors (Lipinski definition) is 0. The van der Waals surface area contributed by atoms with E-state index in [-0.39, 0.29) is 10.6 Å². The van der Waals surface area contributed by atoms with E-state index in [1.807, 2.05) is 11.0 Å². The van der Waals surface area contributed by atoms with Crippen LogP contribution in [0.25, 0.3) is 10.9 Å². The molecule has 106 valence electrons. The molecule has 1 aliphatic rings. The lowest BCUT2D eigenvalue weighted by molar-refractivity contribution is -0.382. The average molecular weight is 282 g/mol. The minimum absolute atomic E-state index is 0.109. The molecule has 2 heterocycles. The molecular weight excluding hydrogens is 268 g/mol. The monoisotopic (exact) mass is 282 g/mol. The third-order valence-corrected chi connectivity index (χ3v) is 3.92. The number of nitriles is 1. The van der Waals surface area contributed by atoms with Gasteiger partial charge in [0.2, 0.25) is 0 Å². The largest absolute Gasteiger partial charge is 0.366 e. The Morgan fingerprint density at radius 2 is 2.33 bits per heavy atom. The maximum Gasteiger partial charge on any atom is 0.301 e. The maximum atomic E-state index is 11.5. The van der Waals surface area contributed by atoms with Crippen LogP contribution >= 0.6 is 0 Å². The minimum Gasteiger partial charge on any atom is -0.366 e. The van der Waals surface area contributed by atoms with Crippen LogP contribution in [0.15, 0.2) is 30.5 Å². The van der Waals surface area contributed by atoms with E-state index in [2.05, 4.69) is 11.1 Å². The van der Waals surface area contributed by atoms with Gasteiger partial charge >= 0.3 is 5.69 Å². The molecule has 0 aliphatic carbocycles. The number of hydrogen-bond acceptors (Lipinski definition) is 5. The molecule has 1 aliphatic heterocycles. The number of nitro benzene ring substituents is 1. The van der Waals surface area contributed by atoms with Gasteiger partial charge in [-0.05, 0) is 36.6 Å². The van der Waals surface area contributed by atoms with Gasteiger partial charge < -0.3 is 4.90 Å². The highest BCUT2D eigenvalue weighted by atomic mass is 16.6. The third-order valence-electron chi connectivity index (χ3n) is 3.92. The lowest BCUT2D eigenvalue weighted by Gasteiger charge is -2.18. The van der Waals surface area contributed by atoms with E-state index in [1.165, 1.54) is 0 Å². The molecule has 21 heavy (non-hydrogen) atoms. The molecule has 1 aromatic carbocycles. The third kappa shape index (κ3) is 2.38. The molecule has 0 spiro atoms. The maximum absolute atomic E-state index is 11.5. The summed E-state index contributed by atoms with van der Waals surface area (Å²) in [7, 11) is 0. The molecule has 3 rings (SSSR count). The van der Waals surface area contributed by atoms with Gasteiger partial charge in [0.1, 0.15) is 5.69 Å². The van der Waals surface area contributed by atoms with Crippen molar-refractivity contribution < 1.29 is 4.92 Å². The zero-order valence-corrected chi connectivity index (χ0v) is 11.4. The zero-order valence-electron chi connectivity index (χ0n) is 11.4. The van der Waals surface area contributed by atoms with Crippen molar-refractivity contribution in [3.05, 3.63) is 40.6 Å². The smallest absolute Gasteiger partial charge is 0.301 e. The van der Waals surface area contributed by atoms with Crippen molar-refractivity contribution in [1.29, 1.82) is 5.26 Å². The number of pyridine rings is 1. The van der Waals surface area contributed by atoms with Gasteiger partial charge in [0, 0.05) is 25.7 Å². The molecule has 0 radical (unpaired) electrons. The molecule has 6 heteroatoms. The number of benzene rings is 1. The lowest BCUT2D eigenvalue weighted by Crippen LogP contribution is -2.20. The van der Waals surface area contributed by atoms with Crippen molar-refractivity contribution in [1.82, 2.24) is 4.98 Å². The highest BCUT2D eigenvalue weighted by Crippen LogP contribution is 2.37. The molecule has 1 saturated heterocycles. The molecule has 0 bridgehead atoms. The van der Waals surface area contributed by atoms with E-state index in [1.54, 1.807) is 24.4 Å². The van der Waals surface area contributed by atoms with Gasteiger partial charge in [0.25, 0.3) is 0 Å². The van der Waals surface area contributed by atoms with Crippen LogP contribution in [0.2, 0.25) is 0 Å². The first-order chi connectivity index (χ1) is 10.2. The van der Waals surface area contributed by atoms with Crippen LogP contribution in [0, 0.1) is 27.4 Å². The minimum atomic E-state index is -0.336. The molecule has 6 nitrogen and oxygen atoms in total. The Bertz CT molecular complexity index is 738. The topological polar surface area (TPSA) is 83.1 Å². The number of nitro groups is 1. The Kier molecular flexibility index (Phi) is 3.40. The molecule has 1 aromatic heterocycles. The molecule has 2 aromatic rings. The van der Waals surface area contributed by atoms with Crippen LogP contribution in [-0.2, 0) is 0 Å². The summed E-state index contributed by atoms with van der Waals surface area (Å²) in [6.45, 7) is 1.44. The predicted molar refractivity (Wildman–Crippen MR) is 78.9 cm³/mol. The standard InChI is InChI=1S/C15H14N4O2/c16-7-5-11-6-9-18(10-11)14-4-3-13-12(2-1-8-17-13)15(14)19(20)21/h1-4,8,11H,5-6,9-10H2. The van der Waals surface area contributed by atoms with E-state index in [4.69, 9.17) is 5.26 Å². The summed E-state index contributed by atoms with van der Waals surface area (Å²) in [6, 6.07) is 9.20. The summed E-state index contributed by atoms with van der Waals surface area (Å²) in [5.74, 6) is 0.291. The Hall–Kier alpha value is -2.68. The van der Waals surface area contributed by atoms with Crippen molar-refractivity contribution in [3.8, 4) is 6.07 Å². The second-order valence-electron chi connectivity index (χ2n) is 5.22. The summed E-state index contributed by atoms with van der Waals surface area (Å²) in [6.07, 6.45) is 3.03. The summed E-state index contributed by atoms with van der Waals surface area (Å²) < 4.78 is 0. The van der Waals surface area contributed by atoms with Crippen LogP contribution in [0.3, 0.4) is 0 Å². The highest BCUT2D eigenvalue weighted by Gasteiger charge is 2.29. The first-order valence-electron chi connectivity index (χ1n) is 6.84. The molecular formula is C15H14N4O2. The van der Waals surface area contributed by atoms with E-state index in [9.17, 15) is 10.1 Å². The quantitative estimate of drug-likeness (QED) is 0.638. The SMILES string of the molecule is N#CCC1CCN(c2ccc3ncccc3c2[N+](=O)[O-])C1. The molecule has 0 saturated carbocycles. The fraction of sp³-hybridized carbons (Fsp3) is 0.333. The van der Waals surface area contributed by atoms with Crippen LogP contribution in [0.1, 0.15) is 12.8 Å². The molecule has 1 unspecified atom stereocenters. The number of rotatable bonds is 3. The highest BCUT2D eigenvalue weighted by molar-refractivity contribution is 5.94. The lowest BCUT2D eigenvalue weighted by atomic mass is 10.1. The molecule has 1 fully saturated rings. The van der Waals surface area contributed by atoms with Gasteiger partial charge in [0.15, 0.2) is 0 Å². The van der Waals surface area contributed by atoms with Crippen molar-refractivity contribution in [3.63, 3.8) is 0 Å². The second kappa shape index (κ2) is 5.37. The van der Waals surface area contributed by atoms with Crippen molar-refractivity contribution in [2.24, 2.45) is 5.92 Å². The second-order valence-corrected chi connectivity index (χ2v) is 5.22. The normalized spacial score (nSPS) is 17.9. The van der Waals surface area contributed by atoms with E-state index in [0.29, 0.717) is 35.5 Å². The molecule has 1 atom stereocenters. The van der Waals surface area contributed by atoms with Gasteiger partial charge in [-0.15, -0.1) is 0 Å². The van der Waals surface area contributed by atoms with Crippen LogP contribution in [-0.4, -0.2) is 23.0 Å². The fourth-order valence-corrected chi connectivity index (χ4v) is 2.92. The Morgan fingerprint density at radius 1 is 1.48 bits per heavy atom. The van der Waals surface area contributed by atoms with E-state index in [0.717, 1.165) is 13.0 Å². The number of anilines is 1. The summed E-state index contributed by atoms with van der Waals surface area (Å²) in [5, 5.41) is 20.8. The van der Waals surface area contributed by atoms with Gasteiger partial charge in [-0.2, -0.15) is 5.26 Å². The Morgan fingerprint density at radius 3 is 3.10 bits per heavy atom. The number of aromatic nitrogens is 1. The zero-order chi connectivity index (χ0) is 14.8. The molecule has 0 amide bonds. The van der Waals surface area contributed by atoms with Gasteiger partial charge in [-0.1, -0.05) is 0 Å². The number of nitrogens with zero attached hydrogens (tertiary/aromatic N) is 4. The van der Waals surface area contributed by atoms with Crippen molar-refractivity contribution >= 4 is 22.3 Å². The summed E-state index contributed by atoms with van der Waals surface area (Å²) in [5.41, 5.74) is 1.36. The van der Waals surface area contributed by atoms with Crippen LogP contribution < -0.4 is 4.90 Å².